The quantitative estimate of drug-likeness (QED) is 0.809. The van der Waals surface area contributed by atoms with Crippen LogP contribution in [0.4, 0.5) is 0 Å². The van der Waals surface area contributed by atoms with E-state index < -0.39 is 0 Å². The van der Waals surface area contributed by atoms with Crippen LogP contribution in [0.25, 0.3) is 0 Å². The van der Waals surface area contributed by atoms with Crippen molar-refractivity contribution in [2.45, 2.75) is 31.7 Å². The van der Waals surface area contributed by atoms with Crippen molar-refractivity contribution >= 4 is 17.2 Å². The van der Waals surface area contributed by atoms with Gasteiger partial charge in [-0.3, -0.25) is 9.78 Å². The molecule has 2 aromatic heterocycles. The van der Waals surface area contributed by atoms with E-state index in [2.05, 4.69) is 28.4 Å². The van der Waals surface area contributed by atoms with E-state index >= 15 is 0 Å². The number of hydrogen-bond acceptors (Lipinski definition) is 4. The minimum absolute atomic E-state index is 0.260. The summed E-state index contributed by atoms with van der Waals surface area (Å²) in [5.41, 5.74) is 2.26. The van der Waals surface area contributed by atoms with E-state index in [-0.39, 0.29) is 5.91 Å². The third-order valence-electron chi connectivity index (χ3n) is 4.75. The highest BCUT2D eigenvalue weighted by atomic mass is 32.1. The number of hydrogen-bond donors (Lipinski definition) is 0. The maximum Gasteiger partial charge on any atom is 0.227 e. The molecule has 0 N–H and O–H groups in total. The first-order chi connectivity index (χ1) is 11.7. The van der Waals surface area contributed by atoms with E-state index in [0.717, 1.165) is 43.7 Å². The lowest BCUT2D eigenvalue weighted by atomic mass is 10.0. The summed E-state index contributed by atoms with van der Waals surface area (Å²) in [6, 6.07) is 8.56. The molecule has 1 amide bonds. The summed E-state index contributed by atoms with van der Waals surface area (Å²) < 4.78 is 0. The maximum absolute atomic E-state index is 12.5. The molecule has 1 aliphatic rings. The van der Waals surface area contributed by atoms with Crippen LogP contribution in [0.1, 0.15) is 24.1 Å². The minimum atomic E-state index is 0.260. The van der Waals surface area contributed by atoms with E-state index in [9.17, 15) is 4.79 Å². The van der Waals surface area contributed by atoms with Crippen LogP contribution in [-0.2, 0) is 17.6 Å². The molecule has 0 saturated carbocycles. The molecule has 1 unspecified atom stereocenters. The van der Waals surface area contributed by atoms with Gasteiger partial charge in [0.25, 0.3) is 0 Å². The number of likely N-dealkylation sites (tertiary alicyclic amines) is 1. The van der Waals surface area contributed by atoms with E-state index in [4.69, 9.17) is 0 Å². The van der Waals surface area contributed by atoms with Gasteiger partial charge in [-0.2, -0.15) is 11.3 Å². The van der Waals surface area contributed by atoms with Gasteiger partial charge < -0.3 is 9.80 Å². The van der Waals surface area contributed by atoms with Crippen molar-refractivity contribution in [2.75, 3.05) is 26.7 Å². The number of aromatic nitrogens is 1. The van der Waals surface area contributed by atoms with E-state index in [1.54, 1.807) is 11.3 Å². The monoisotopic (exact) mass is 343 g/mol. The normalized spacial score (nSPS) is 18.1. The molecule has 1 atom stereocenters. The molecule has 3 rings (SSSR count). The SMILES string of the molecule is CN(CCc1ccccn1)C1CCCN(C(=O)Cc2ccsc2)C1. The Labute approximate surface area is 148 Å². The predicted molar refractivity (Wildman–Crippen MR) is 98.2 cm³/mol. The standard InChI is InChI=1S/C19H25N3OS/c1-21(11-7-17-5-2-3-9-20-17)18-6-4-10-22(14-18)19(23)13-16-8-12-24-15-16/h2-3,5,8-9,12,15,18H,4,6-7,10-11,13-14H2,1H3. The van der Waals surface area contributed by atoms with Crippen LogP contribution < -0.4 is 0 Å². The number of rotatable bonds is 6. The smallest absolute Gasteiger partial charge is 0.227 e. The van der Waals surface area contributed by atoms with Gasteiger partial charge in [0.15, 0.2) is 0 Å². The molecule has 24 heavy (non-hydrogen) atoms. The summed E-state index contributed by atoms with van der Waals surface area (Å²) in [6.45, 7) is 2.73. The Morgan fingerprint density at radius 3 is 3.08 bits per heavy atom. The highest BCUT2D eigenvalue weighted by Gasteiger charge is 2.26. The van der Waals surface area contributed by atoms with Crippen molar-refractivity contribution in [3.63, 3.8) is 0 Å². The fraction of sp³-hybridized carbons (Fsp3) is 0.474. The average molecular weight is 343 g/mol. The molecule has 2 aromatic rings. The van der Waals surface area contributed by atoms with Gasteiger partial charge in [0.1, 0.15) is 0 Å². The number of likely N-dealkylation sites (N-methyl/N-ethyl adjacent to an activating group) is 1. The number of carbonyl (C=O) groups excluding carboxylic acids is 1. The van der Waals surface area contributed by atoms with Gasteiger partial charge in [-0.05, 0) is 54.4 Å². The van der Waals surface area contributed by atoms with E-state index in [1.807, 2.05) is 34.7 Å². The molecule has 0 spiro atoms. The Morgan fingerprint density at radius 2 is 2.33 bits per heavy atom. The summed E-state index contributed by atoms with van der Waals surface area (Å²) in [7, 11) is 2.17. The number of amides is 1. The minimum Gasteiger partial charge on any atom is -0.341 e. The lowest BCUT2D eigenvalue weighted by Crippen LogP contribution is -2.49. The van der Waals surface area contributed by atoms with E-state index in [1.165, 1.54) is 6.42 Å². The number of carbonyl (C=O) groups is 1. The molecule has 0 aromatic carbocycles. The Bertz CT molecular complexity index is 629. The third kappa shape index (κ3) is 4.65. The second kappa shape index (κ2) is 8.40. The Morgan fingerprint density at radius 1 is 1.42 bits per heavy atom. The fourth-order valence-corrected chi connectivity index (χ4v) is 3.91. The highest BCUT2D eigenvalue weighted by molar-refractivity contribution is 7.07. The van der Waals surface area contributed by atoms with Crippen molar-refractivity contribution in [2.24, 2.45) is 0 Å². The number of pyridine rings is 1. The summed E-state index contributed by atoms with van der Waals surface area (Å²) in [6.07, 6.45) is 5.60. The van der Waals surface area contributed by atoms with Crippen LogP contribution in [0.5, 0.6) is 0 Å². The van der Waals surface area contributed by atoms with Crippen LogP contribution in [0.15, 0.2) is 41.2 Å². The van der Waals surface area contributed by atoms with Gasteiger partial charge in [0.2, 0.25) is 5.91 Å². The molecule has 0 aliphatic carbocycles. The summed E-state index contributed by atoms with van der Waals surface area (Å²) in [5.74, 6) is 0.260. The molecule has 3 heterocycles. The van der Waals surface area contributed by atoms with Crippen molar-refractivity contribution in [1.29, 1.82) is 0 Å². The van der Waals surface area contributed by atoms with Crippen LogP contribution in [0.3, 0.4) is 0 Å². The first kappa shape index (κ1) is 17.1. The number of piperidine rings is 1. The summed E-state index contributed by atoms with van der Waals surface area (Å²) in [4.78, 5) is 21.3. The second-order valence-electron chi connectivity index (χ2n) is 6.50. The zero-order chi connectivity index (χ0) is 16.8. The molecule has 4 nitrogen and oxygen atoms in total. The zero-order valence-electron chi connectivity index (χ0n) is 14.2. The van der Waals surface area contributed by atoms with E-state index in [0.29, 0.717) is 12.5 Å². The fourth-order valence-electron chi connectivity index (χ4n) is 3.24. The Hall–Kier alpha value is -1.72. The van der Waals surface area contributed by atoms with Gasteiger partial charge in [0.05, 0.1) is 6.42 Å². The van der Waals surface area contributed by atoms with Crippen LogP contribution in [0, 0.1) is 0 Å². The largest absolute Gasteiger partial charge is 0.341 e. The van der Waals surface area contributed by atoms with Crippen molar-refractivity contribution < 1.29 is 4.79 Å². The molecule has 0 radical (unpaired) electrons. The molecule has 1 fully saturated rings. The van der Waals surface area contributed by atoms with Gasteiger partial charge in [-0.1, -0.05) is 6.07 Å². The van der Waals surface area contributed by atoms with Crippen LogP contribution >= 0.6 is 11.3 Å². The van der Waals surface area contributed by atoms with Gasteiger partial charge in [-0.15, -0.1) is 0 Å². The number of nitrogens with zero attached hydrogens (tertiary/aromatic N) is 3. The van der Waals surface area contributed by atoms with Crippen molar-refractivity contribution in [1.82, 2.24) is 14.8 Å². The highest BCUT2D eigenvalue weighted by Crippen LogP contribution is 2.17. The molecule has 1 aliphatic heterocycles. The molecule has 0 bridgehead atoms. The topological polar surface area (TPSA) is 36.4 Å². The Kier molecular flexibility index (Phi) is 5.99. The van der Waals surface area contributed by atoms with Crippen LogP contribution in [-0.4, -0.2) is 53.4 Å². The van der Waals surface area contributed by atoms with Gasteiger partial charge in [0, 0.05) is 44.0 Å². The molecule has 5 heteroatoms. The molecule has 128 valence electrons. The van der Waals surface area contributed by atoms with Crippen molar-refractivity contribution in [3.8, 4) is 0 Å². The molecular formula is C19H25N3OS. The lowest BCUT2D eigenvalue weighted by Gasteiger charge is -2.37. The first-order valence-electron chi connectivity index (χ1n) is 8.61. The molecule has 1 saturated heterocycles. The second-order valence-corrected chi connectivity index (χ2v) is 7.28. The molecular weight excluding hydrogens is 318 g/mol. The Balaban J connectivity index is 1.50. The summed E-state index contributed by atoms with van der Waals surface area (Å²) >= 11 is 1.65. The van der Waals surface area contributed by atoms with Gasteiger partial charge in [-0.25, -0.2) is 0 Å². The first-order valence-corrected chi connectivity index (χ1v) is 9.55. The van der Waals surface area contributed by atoms with Crippen molar-refractivity contribution in [3.05, 3.63) is 52.5 Å². The zero-order valence-corrected chi connectivity index (χ0v) is 15.0. The van der Waals surface area contributed by atoms with Crippen LogP contribution in [0.2, 0.25) is 0 Å². The average Bonchev–Trinajstić information content (AvgIpc) is 3.13. The lowest BCUT2D eigenvalue weighted by molar-refractivity contribution is -0.132. The predicted octanol–water partition coefficient (Wildman–Crippen LogP) is 2.85. The third-order valence-corrected chi connectivity index (χ3v) is 5.49. The van der Waals surface area contributed by atoms with Gasteiger partial charge >= 0.3 is 0 Å². The summed E-state index contributed by atoms with van der Waals surface area (Å²) in [5, 5.41) is 4.10. The number of thiophene rings is 1. The maximum atomic E-state index is 12.5.